The molecule has 142 valence electrons. The Morgan fingerprint density at radius 2 is 1.96 bits per heavy atom. The monoisotopic (exact) mass is 350 g/mol. The van der Waals surface area contributed by atoms with Gasteiger partial charge in [0.1, 0.15) is 0 Å². The molecular formula is C21H34O4. The molecule has 3 fully saturated rings. The second kappa shape index (κ2) is 8.22. The van der Waals surface area contributed by atoms with E-state index in [4.69, 9.17) is 5.11 Å². The molecule has 4 heteroatoms. The molecule has 0 heterocycles. The smallest absolute Gasteiger partial charge is 0.303 e. The third-order valence-corrected chi connectivity index (χ3v) is 6.97. The van der Waals surface area contributed by atoms with Crippen LogP contribution >= 0.6 is 0 Å². The van der Waals surface area contributed by atoms with Gasteiger partial charge in [0.05, 0.1) is 11.7 Å². The Morgan fingerprint density at radius 3 is 2.68 bits per heavy atom. The van der Waals surface area contributed by atoms with Gasteiger partial charge >= 0.3 is 5.97 Å². The van der Waals surface area contributed by atoms with Crippen LogP contribution in [0.4, 0.5) is 0 Å². The number of hydrogen-bond donors (Lipinski definition) is 3. The van der Waals surface area contributed by atoms with Crippen LogP contribution in [0.3, 0.4) is 0 Å². The number of aliphatic carboxylic acids is 1. The fraction of sp³-hybridized carbons (Fsp3) is 0.857. The zero-order valence-electron chi connectivity index (χ0n) is 15.3. The van der Waals surface area contributed by atoms with E-state index >= 15 is 0 Å². The van der Waals surface area contributed by atoms with Gasteiger partial charge in [0, 0.05) is 6.42 Å². The van der Waals surface area contributed by atoms with Gasteiger partial charge in [-0.05, 0) is 75.5 Å². The SMILES string of the molecule is O=C(O)CCCC=C1CC2CC(O)[C@H](CCC3(O)CCCCC3)C2C1. The Bertz CT molecular complexity index is 492. The van der Waals surface area contributed by atoms with Gasteiger partial charge in [0.25, 0.3) is 0 Å². The van der Waals surface area contributed by atoms with Crippen LogP contribution in [0.25, 0.3) is 0 Å². The van der Waals surface area contributed by atoms with Crippen molar-refractivity contribution >= 4 is 5.97 Å². The molecule has 0 bridgehead atoms. The molecule has 0 amide bonds. The van der Waals surface area contributed by atoms with Gasteiger partial charge in [-0.1, -0.05) is 30.9 Å². The average Bonchev–Trinajstić information content (AvgIpc) is 3.07. The van der Waals surface area contributed by atoms with Crippen molar-refractivity contribution in [2.24, 2.45) is 17.8 Å². The number of fused-ring (bicyclic) bond motifs is 1. The first-order chi connectivity index (χ1) is 12.0. The van der Waals surface area contributed by atoms with E-state index < -0.39 is 11.6 Å². The molecule has 0 saturated heterocycles. The number of hydrogen-bond acceptors (Lipinski definition) is 3. The lowest BCUT2D eigenvalue weighted by Gasteiger charge is -2.34. The van der Waals surface area contributed by atoms with E-state index in [0.29, 0.717) is 24.2 Å². The maximum Gasteiger partial charge on any atom is 0.303 e. The lowest BCUT2D eigenvalue weighted by molar-refractivity contribution is -0.137. The van der Waals surface area contributed by atoms with E-state index in [1.165, 1.54) is 12.0 Å². The molecule has 3 N–H and O–H groups in total. The van der Waals surface area contributed by atoms with E-state index in [-0.39, 0.29) is 12.5 Å². The quantitative estimate of drug-likeness (QED) is 0.478. The predicted molar refractivity (Wildman–Crippen MR) is 97.2 cm³/mol. The molecule has 3 rings (SSSR count). The van der Waals surface area contributed by atoms with Crippen LogP contribution < -0.4 is 0 Å². The van der Waals surface area contributed by atoms with Gasteiger partial charge in [-0.2, -0.15) is 0 Å². The lowest BCUT2D eigenvalue weighted by Crippen LogP contribution is -2.33. The summed E-state index contributed by atoms with van der Waals surface area (Å²) in [6.07, 6.45) is 14.1. The number of carbonyl (C=O) groups is 1. The molecular weight excluding hydrogens is 316 g/mol. The lowest BCUT2D eigenvalue weighted by atomic mass is 9.78. The molecule has 25 heavy (non-hydrogen) atoms. The third kappa shape index (κ3) is 4.85. The summed E-state index contributed by atoms with van der Waals surface area (Å²) in [4.78, 5) is 10.6. The highest BCUT2D eigenvalue weighted by molar-refractivity contribution is 5.66. The van der Waals surface area contributed by atoms with Gasteiger partial charge in [-0.3, -0.25) is 4.79 Å². The van der Waals surface area contributed by atoms with Crippen molar-refractivity contribution < 1.29 is 20.1 Å². The molecule has 0 aromatic carbocycles. The van der Waals surface area contributed by atoms with Crippen molar-refractivity contribution in [3.8, 4) is 0 Å². The highest BCUT2D eigenvalue weighted by Crippen LogP contribution is 2.52. The summed E-state index contributed by atoms with van der Waals surface area (Å²) >= 11 is 0. The Kier molecular flexibility index (Phi) is 6.21. The fourth-order valence-electron chi connectivity index (χ4n) is 5.60. The number of rotatable bonds is 7. The van der Waals surface area contributed by atoms with Crippen LogP contribution in [0.1, 0.15) is 83.5 Å². The van der Waals surface area contributed by atoms with E-state index in [1.807, 2.05) is 0 Å². The predicted octanol–water partition coefficient (Wildman–Crippen LogP) is 4.05. The zero-order valence-corrected chi connectivity index (χ0v) is 15.3. The molecule has 3 aliphatic carbocycles. The summed E-state index contributed by atoms with van der Waals surface area (Å²) in [6, 6.07) is 0. The third-order valence-electron chi connectivity index (χ3n) is 6.97. The number of allylic oxidation sites excluding steroid dienone is 2. The van der Waals surface area contributed by atoms with E-state index in [0.717, 1.165) is 64.2 Å². The summed E-state index contributed by atoms with van der Waals surface area (Å²) in [5.74, 6) is 0.769. The standard InChI is InChI=1S/C21H34O4/c22-19-14-16-12-15(6-2-3-7-20(23)24)13-18(16)17(19)8-11-21(25)9-4-1-5-10-21/h6,16-19,22,25H,1-5,7-14H2,(H,23,24)/t16?,17-,18?,19?/m1/s1. The summed E-state index contributed by atoms with van der Waals surface area (Å²) < 4.78 is 0. The van der Waals surface area contributed by atoms with Gasteiger partial charge in [-0.15, -0.1) is 0 Å². The maximum absolute atomic E-state index is 10.8. The molecule has 4 nitrogen and oxygen atoms in total. The Balaban J connectivity index is 1.50. The van der Waals surface area contributed by atoms with Gasteiger partial charge in [-0.25, -0.2) is 0 Å². The highest BCUT2D eigenvalue weighted by atomic mass is 16.4. The van der Waals surface area contributed by atoms with Crippen molar-refractivity contribution in [1.82, 2.24) is 0 Å². The van der Waals surface area contributed by atoms with Crippen molar-refractivity contribution in [2.75, 3.05) is 0 Å². The second-order valence-corrected chi connectivity index (χ2v) is 8.77. The largest absolute Gasteiger partial charge is 0.481 e. The minimum Gasteiger partial charge on any atom is -0.481 e. The van der Waals surface area contributed by atoms with Gasteiger partial charge in [0.15, 0.2) is 0 Å². The Labute approximate surface area is 151 Å². The van der Waals surface area contributed by atoms with Crippen molar-refractivity contribution in [1.29, 1.82) is 0 Å². The van der Waals surface area contributed by atoms with E-state index in [1.54, 1.807) is 0 Å². The first kappa shape index (κ1) is 18.9. The van der Waals surface area contributed by atoms with Crippen molar-refractivity contribution in [3.63, 3.8) is 0 Å². The molecule has 0 aromatic heterocycles. The summed E-state index contributed by atoms with van der Waals surface area (Å²) in [5, 5.41) is 30.0. The topological polar surface area (TPSA) is 77.8 Å². The summed E-state index contributed by atoms with van der Waals surface area (Å²) in [6.45, 7) is 0. The molecule has 0 aliphatic heterocycles. The molecule has 0 radical (unpaired) electrons. The normalized spacial score (nSPS) is 35.8. The zero-order chi connectivity index (χ0) is 17.9. The minimum atomic E-state index is -0.717. The Hall–Kier alpha value is -0.870. The number of aliphatic hydroxyl groups excluding tert-OH is 1. The van der Waals surface area contributed by atoms with E-state index in [9.17, 15) is 15.0 Å². The summed E-state index contributed by atoms with van der Waals surface area (Å²) in [7, 11) is 0. The van der Waals surface area contributed by atoms with Crippen LogP contribution in [-0.4, -0.2) is 33.0 Å². The molecule has 4 atom stereocenters. The number of carboxylic acid groups (broad SMARTS) is 1. The van der Waals surface area contributed by atoms with Gasteiger partial charge < -0.3 is 15.3 Å². The van der Waals surface area contributed by atoms with Crippen molar-refractivity contribution in [2.45, 2.75) is 95.2 Å². The van der Waals surface area contributed by atoms with Crippen molar-refractivity contribution in [3.05, 3.63) is 11.6 Å². The first-order valence-electron chi connectivity index (χ1n) is 10.3. The van der Waals surface area contributed by atoms with Gasteiger partial charge in [0.2, 0.25) is 0 Å². The molecule has 3 saturated carbocycles. The van der Waals surface area contributed by atoms with Crippen LogP contribution in [-0.2, 0) is 4.79 Å². The molecule has 0 aromatic rings. The van der Waals surface area contributed by atoms with Crippen LogP contribution in [0.5, 0.6) is 0 Å². The van der Waals surface area contributed by atoms with Crippen LogP contribution in [0, 0.1) is 17.8 Å². The van der Waals surface area contributed by atoms with Crippen LogP contribution in [0.15, 0.2) is 11.6 Å². The second-order valence-electron chi connectivity index (χ2n) is 8.77. The minimum absolute atomic E-state index is 0.198. The molecule has 0 spiro atoms. The number of carboxylic acids is 1. The highest BCUT2D eigenvalue weighted by Gasteiger charge is 2.46. The molecule has 3 aliphatic rings. The fourth-order valence-corrected chi connectivity index (χ4v) is 5.60. The van der Waals surface area contributed by atoms with E-state index in [2.05, 4.69) is 6.08 Å². The number of aliphatic hydroxyl groups is 2. The van der Waals surface area contributed by atoms with Crippen LogP contribution in [0.2, 0.25) is 0 Å². The maximum atomic E-state index is 10.8. The number of unbranched alkanes of at least 4 members (excludes halogenated alkanes) is 1. The molecule has 3 unspecified atom stereocenters. The summed E-state index contributed by atoms with van der Waals surface area (Å²) in [5.41, 5.74) is 0.984. The first-order valence-corrected chi connectivity index (χ1v) is 10.3. The average molecular weight is 350 g/mol. The Morgan fingerprint density at radius 1 is 1.20 bits per heavy atom.